The Balaban J connectivity index is 1.57. The van der Waals surface area contributed by atoms with E-state index in [1.54, 1.807) is 18.2 Å². The minimum atomic E-state index is -0.133. The number of nitrogens with one attached hydrogen (secondary N) is 1. The highest BCUT2D eigenvalue weighted by molar-refractivity contribution is 6.07. The fourth-order valence-corrected chi connectivity index (χ4v) is 4.21. The number of aromatic nitrogens is 3. The number of hydrogen-bond donors (Lipinski definition) is 1. The van der Waals surface area contributed by atoms with Crippen molar-refractivity contribution in [3.8, 4) is 22.7 Å². The molecule has 0 fully saturated rings. The van der Waals surface area contributed by atoms with Gasteiger partial charge in [-0.25, -0.2) is 9.67 Å². The van der Waals surface area contributed by atoms with E-state index in [2.05, 4.69) is 17.0 Å². The molecule has 0 aliphatic carbocycles. The zero-order valence-corrected chi connectivity index (χ0v) is 18.5. The second kappa shape index (κ2) is 8.43. The maximum Gasteiger partial charge on any atom is 0.275 e. The molecule has 3 heterocycles. The summed E-state index contributed by atoms with van der Waals surface area (Å²) >= 11 is 0. The van der Waals surface area contributed by atoms with Gasteiger partial charge < -0.3 is 4.74 Å². The number of aryl methyl sites for hydroxylation is 1. The number of methoxy groups -OCH3 is 1. The smallest absolute Gasteiger partial charge is 0.275 e. The molecule has 33 heavy (non-hydrogen) atoms. The Morgan fingerprint density at radius 1 is 1.09 bits per heavy atom. The number of nitrogens with zero attached hydrogens (tertiary/aromatic N) is 3. The van der Waals surface area contributed by atoms with Gasteiger partial charge in [0.25, 0.3) is 11.5 Å². The number of pyridine rings is 1. The molecule has 0 radical (unpaired) electrons. The van der Waals surface area contributed by atoms with E-state index >= 15 is 0 Å². The van der Waals surface area contributed by atoms with E-state index in [0.29, 0.717) is 41.3 Å². The lowest BCUT2D eigenvalue weighted by Gasteiger charge is -2.22. The van der Waals surface area contributed by atoms with Crippen LogP contribution < -0.4 is 15.2 Å². The Morgan fingerprint density at radius 2 is 1.85 bits per heavy atom. The third-order valence-electron chi connectivity index (χ3n) is 6.07. The van der Waals surface area contributed by atoms with Crippen LogP contribution in [0.4, 0.5) is 5.82 Å². The van der Waals surface area contributed by atoms with Crippen molar-refractivity contribution in [1.82, 2.24) is 14.8 Å². The zero-order valence-electron chi connectivity index (χ0n) is 18.5. The van der Waals surface area contributed by atoms with E-state index in [1.807, 2.05) is 60.7 Å². The van der Waals surface area contributed by atoms with E-state index in [4.69, 9.17) is 4.74 Å². The topological polar surface area (TPSA) is 80.2 Å². The lowest BCUT2D eigenvalue weighted by atomic mass is 10.1. The van der Waals surface area contributed by atoms with Gasteiger partial charge in [-0.1, -0.05) is 19.1 Å². The third kappa shape index (κ3) is 3.61. The number of carbonyl (C=O) groups is 1. The molecule has 0 unspecified atom stereocenters. The summed E-state index contributed by atoms with van der Waals surface area (Å²) in [7, 11) is 1.60. The molecule has 0 saturated carbocycles. The minimum Gasteiger partial charge on any atom is -0.497 e. The molecule has 1 N–H and O–H groups in total. The highest BCUT2D eigenvalue weighted by Crippen LogP contribution is 2.33. The highest BCUT2D eigenvalue weighted by atomic mass is 16.5. The van der Waals surface area contributed by atoms with Crippen molar-refractivity contribution in [3.05, 3.63) is 93.9 Å². The van der Waals surface area contributed by atoms with Gasteiger partial charge in [-0.3, -0.25) is 19.6 Å². The van der Waals surface area contributed by atoms with E-state index in [1.165, 1.54) is 10.2 Å². The van der Waals surface area contributed by atoms with Crippen LogP contribution in [0.5, 0.6) is 5.75 Å². The number of aromatic amines is 1. The molecular weight excluding hydrogens is 416 g/mol. The zero-order chi connectivity index (χ0) is 22.9. The maximum absolute atomic E-state index is 13.4. The number of hydrogen-bond acceptors (Lipinski definition) is 4. The quantitative estimate of drug-likeness (QED) is 0.520. The molecule has 7 heteroatoms. The molecule has 2 aromatic heterocycles. The highest BCUT2D eigenvalue weighted by Gasteiger charge is 2.29. The van der Waals surface area contributed by atoms with E-state index in [0.717, 1.165) is 17.7 Å². The minimum absolute atomic E-state index is 0.127. The van der Waals surface area contributed by atoms with Gasteiger partial charge >= 0.3 is 0 Å². The first-order valence-electron chi connectivity index (χ1n) is 10.9. The first-order chi connectivity index (χ1) is 16.1. The molecule has 1 aliphatic rings. The van der Waals surface area contributed by atoms with Crippen molar-refractivity contribution < 1.29 is 9.53 Å². The second-order valence-electron chi connectivity index (χ2n) is 7.94. The van der Waals surface area contributed by atoms with Crippen molar-refractivity contribution in [2.24, 2.45) is 0 Å². The van der Waals surface area contributed by atoms with Crippen molar-refractivity contribution in [2.45, 2.75) is 19.8 Å². The van der Waals surface area contributed by atoms with E-state index in [9.17, 15) is 9.59 Å². The fourth-order valence-electron chi connectivity index (χ4n) is 4.21. The van der Waals surface area contributed by atoms with Crippen LogP contribution in [-0.2, 0) is 12.8 Å². The monoisotopic (exact) mass is 440 g/mol. The van der Waals surface area contributed by atoms with Crippen molar-refractivity contribution in [3.63, 3.8) is 0 Å². The average Bonchev–Trinajstić information content (AvgIpc) is 3.10. The molecule has 0 saturated heterocycles. The van der Waals surface area contributed by atoms with Crippen LogP contribution >= 0.6 is 0 Å². The molecule has 0 atom stereocenters. The van der Waals surface area contributed by atoms with Gasteiger partial charge in [0.05, 0.1) is 18.5 Å². The molecule has 0 bridgehead atoms. The summed E-state index contributed by atoms with van der Waals surface area (Å²) in [4.78, 5) is 32.9. The van der Waals surface area contributed by atoms with Gasteiger partial charge in [-0.05, 0) is 66.9 Å². The molecule has 1 aliphatic heterocycles. The van der Waals surface area contributed by atoms with Crippen LogP contribution in [0.3, 0.4) is 0 Å². The summed E-state index contributed by atoms with van der Waals surface area (Å²) in [6, 6.07) is 18.6. The number of H-pyrrole nitrogens is 1. The number of fused-ring (bicyclic) bond motifs is 3. The number of rotatable bonds is 4. The number of carbonyl (C=O) groups excluding carboxylic acids is 1. The number of anilines is 1. The van der Waals surface area contributed by atoms with Crippen LogP contribution in [0.1, 0.15) is 28.4 Å². The molecule has 1 amide bonds. The molecule has 5 rings (SSSR count). The van der Waals surface area contributed by atoms with Crippen molar-refractivity contribution in [1.29, 1.82) is 0 Å². The van der Waals surface area contributed by atoms with Gasteiger partial charge in [0.2, 0.25) is 0 Å². The number of ether oxygens (including phenoxy) is 1. The summed E-state index contributed by atoms with van der Waals surface area (Å²) in [6.45, 7) is 2.44. The first kappa shape index (κ1) is 20.8. The summed E-state index contributed by atoms with van der Waals surface area (Å²) < 4.78 is 6.75. The van der Waals surface area contributed by atoms with Crippen LogP contribution in [0.2, 0.25) is 0 Å². The van der Waals surface area contributed by atoms with Gasteiger partial charge in [-0.2, -0.15) is 0 Å². The molecule has 166 valence electrons. The van der Waals surface area contributed by atoms with Gasteiger partial charge in [-0.15, -0.1) is 0 Å². The Kier molecular flexibility index (Phi) is 5.30. The Morgan fingerprint density at radius 3 is 2.55 bits per heavy atom. The molecule has 7 nitrogen and oxygen atoms in total. The van der Waals surface area contributed by atoms with Crippen LogP contribution in [0.25, 0.3) is 16.9 Å². The van der Waals surface area contributed by atoms with Gasteiger partial charge in [0, 0.05) is 29.4 Å². The summed E-state index contributed by atoms with van der Waals surface area (Å²) in [6.07, 6.45) is 3.00. The Bertz CT molecular complexity index is 1370. The SMILES string of the molecule is CCc1ccc(C(=O)N2CCc3c([nH]n(-c4ccc(OC)cc4)c3=O)-c3cccnc32)cc1. The maximum atomic E-state index is 13.4. The molecular formula is C26H24N4O3. The second-order valence-corrected chi connectivity index (χ2v) is 7.94. The van der Waals surface area contributed by atoms with Crippen LogP contribution in [0, 0.1) is 0 Å². The van der Waals surface area contributed by atoms with Crippen molar-refractivity contribution >= 4 is 11.7 Å². The molecule has 4 aromatic rings. The fraction of sp³-hybridized carbons (Fsp3) is 0.192. The van der Waals surface area contributed by atoms with Crippen LogP contribution in [-0.4, -0.2) is 34.3 Å². The molecule has 0 spiro atoms. The lowest BCUT2D eigenvalue weighted by molar-refractivity contribution is 0.0986. The number of amides is 1. The molecule has 2 aromatic carbocycles. The summed E-state index contributed by atoms with van der Waals surface area (Å²) in [5, 5.41) is 3.25. The lowest BCUT2D eigenvalue weighted by Crippen LogP contribution is -2.34. The Hall–Kier alpha value is -4.13. The third-order valence-corrected chi connectivity index (χ3v) is 6.07. The van der Waals surface area contributed by atoms with Gasteiger partial charge in [0.1, 0.15) is 11.6 Å². The van der Waals surface area contributed by atoms with Crippen LogP contribution in [0.15, 0.2) is 71.7 Å². The average molecular weight is 441 g/mol. The Labute approximate surface area is 191 Å². The predicted octanol–water partition coefficient (Wildman–Crippen LogP) is 4.00. The van der Waals surface area contributed by atoms with E-state index in [-0.39, 0.29) is 11.5 Å². The van der Waals surface area contributed by atoms with E-state index < -0.39 is 0 Å². The van der Waals surface area contributed by atoms with Gasteiger partial charge in [0.15, 0.2) is 0 Å². The predicted molar refractivity (Wildman–Crippen MR) is 127 cm³/mol. The normalized spacial score (nSPS) is 12.6. The first-order valence-corrected chi connectivity index (χ1v) is 10.9. The van der Waals surface area contributed by atoms with Crippen molar-refractivity contribution in [2.75, 3.05) is 18.6 Å². The largest absolute Gasteiger partial charge is 0.497 e. The summed E-state index contributed by atoms with van der Waals surface area (Å²) in [5.41, 5.74) is 4.41. The number of benzene rings is 2. The summed E-state index contributed by atoms with van der Waals surface area (Å²) in [5.74, 6) is 1.14. The standard InChI is InChI=1S/C26H24N4O3/c1-3-17-6-8-18(9-7-17)25(31)29-16-14-22-23(21-5-4-15-27-24(21)29)28-30(26(22)32)19-10-12-20(33-2)13-11-19/h4-13,15,28H,3,14,16H2,1-2H3.